The predicted molar refractivity (Wildman–Crippen MR) is 61.9 cm³/mol. The fraction of sp³-hybridized carbons (Fsp3) is 0.417. The van der Waals surface area contributed by atoms with Crippen molar-refractivity contribution in [2.75, 3.05) is 11.4 Å². The van der Waals surface area contributed by atoms with E-state index in [1.807, 2.05) is 0 Å². The highest BCUT2D eigenvalue weighted by atomic mass is 16.3. The second-order valence-corrected chi connectivity index (χ2v) is 4.07. The highest BCUT2D eigenvalue weighted by Crippen LogP contribution is 2.27. The number of hydrogen-bond donors (Lipinski definition) is 1. The zero-order valence-electron chi connectivity index (χ0n) is 9.64. The van der Waals surface area contributed by atoms with Gasteiger partial charge >= 0.3 is 0 Å². The number of carbonyl (C=O) groups excluding carboxylic acids is 2. The van der Waals surface area contributed by atoms with Gasteiger partial charge in [-0.2, -0.15) is 0 Å². The number of nitrogens with zero attached hydrogens (tertiary/aromatic N) is 2. The number of aliphatic hydroxyl groups is 1. The first-order chi connectivity index (χ1) is 8.17. The van der Waals surface area contributed by atoms with Crippen LogP contribution in [-0.2, 0) is 17.8 Å². The largest absolute Gasteiger partial charge is 0.392 e. The first-order valence-corrected chi connectivity index (χ1v) is 5.54. The molecule has 5 nitrogen and oxygen atoms in total. The van der Waals surface area contributed by atoms with Gasteiger partial charge in [0.2, 0.25) is 5.91 Å². The van der Waals surface area contributed by atoms with E-state index in [0.717, 1.165) is 18.4 Å². The van der Waals surface area contributed by atoms with Gasteiger partial charge in [0.1, 0.15) is 11.5 Å². The third-order valence-corrected chi connectivity index (χ3v) is 2.94. The summed E-state index contributed by atoms with van der Waals surface area (Å²) < 4.78 is 0. The third-order valence-electron chi connectivity index (χ3n) is 2.94. The molecule has 1 aromatic heterocycles. The second-order valence-electron chi connectivity index (χ2n) is 4.07. The van der Waals surface area contributed by atoms with Crippen LogP contribution < -0.4 is 4.90 Å². The molecule has 1 amide bonds. The lowest BCUT2D eigenvalue weighted by molar-refractivity contribution is -0.116. The van der Waals surface area contributed by atoms with Crippen molar-refractivity contribution in [3.05, 3.63) is 22.9 Å². The zero-order chi connectivity index (χ0) is 12.4. The van der Waals surface area contributed by atoms with Crippen LogP contribution in [0.4, 0.5) is 5.82 Å². The second kappa shape index (κ2) is 4.63. The van der Waals surface area contributed by atoms with Gasteiger partial charge in [-0.1, -0.05) is 0 Å². The number of anilines is 1. The Morgan fingerprint density at radius 1 is 1.65 bits per heavy atom. The minimum atomic E-state index is -0.214. The van der Waals surface area contributed by atoms with E-state index >= 15 is 0 Å². The van der Waals surface area contributed by atoms with Crippen LogP contribution in [-0.4, -0.2) is 28.8 Å². The van der Waals surface area contributed by atoms with E-state index in [0.29, 0.717) is 24.2 Å². The standard InChI is InChI=1S/C12H14N2O3/c1-8(17)14-4-2-3-9-5-10(6-15)11(7-16)13-12(9)14/h5,7,15H,2-4,6H2,1H3. The monoisotopic (exact) mass is 234 g/mol. The molecule has 0 fully saturated rings. The molecule has 0 saturated heterocycles. The van der Waals surface area contributed by atoms with Crippen molar-refractivity contribution in [1.82, 2.24) is 4.98 Å². The fourth-order valence-corrected chi connectivity index (χ4v) is 2.09. The van der Waals surface area contributed by atoms with Crippen LogP contribution in [0.5, 0.6) is 0 Å². The fourth-order valence-electron chi connectivity index (χ4n) is 2.09. The van der Waals surface area contributed by atoms with E-state index in [1.165, 1.54) is 6.92 Å². The molecule has 17 heavy (non-hydrogen) atoms. The first-order valence-electron chi connectivity index (χ1n) is 5.54. The zero-order valence-corrected chi connectivity index (χ0v) is 9.64. The van der Waals surface area contributed by atoms with Crippen molar-refractivity contribution in [3.8, 4) is 0 Å². The lowest BCUT2D eigenvalue weighted by Crippen LogP contribution is -2.34. The summed E-state index contributed by atoms with van der Waals surface area (Å²) >= 11 is 0. The molecule has 0 spiro atoms. The minimum Gasteiger partial charge on any atom is -0.392 e. The lowest BCUT2D eigenvalue weighted by atomic mass is 10.0. The smallest absolute Gasteiger partial charge is 0.225 e. The lowest BCUT2D eigenvalue weighted by Gasteiger charge is -2.28. The summed E-state index contributed by atoms with van der Waals surface area (Å²) in [6.45, 7) is 1.90. The Morgan fingerprint density at radius 2 is 2.41 bits per heavy atom. The van der Waals surface area contributed by atoms with Gasteiger partial charge in [0.25, 0.3) is 0 Å². The average Bonchev–Trinajstić information content (AvgIpc) is 2.35. The number of aldehydes is 1. The number of aromatic nitrogens is 1. The molecule has 0 aliphatic carbocycles. The van der Waals surface area contributed by atoms with Crippen LogP contribution in [0, 0.1) is 0 Å². The van der Waals surface area contributed by atoms with E-state index in [-0.39, 0.29) is 18.2 Å². The average molecular weight is 234 g/mol. The Bertz CT molecular complexity index is 471. The molecule has 0 unspecified atom stereocenters. The van der Waals surface area contributed by atoms with Crippen LogP contribution in [0.1, 0.15) is 35.0 Å². The maximum absolute atomic E-state index is 11.5. The highest BCUT2D eigenvalue weighted by molar-refractivity contribution is 5.92. The number of fused-ring (bicyclic) bond motifs is 1. The Balaban J connectivity index is 2.54. The molecule has 90 valence electrons. The topological polar surface area (TPSA) is 70.5 Å². The van der Waals surface area contributed by atoms with E-state index in [1.54, 1.807) is 11.0 Å². The Labute approximate surface area is 99.1 Å². The molecule has 5 heteroatoms. The molecular weight excluding hydrogens is 220 g/mol. The molecule has 1 aliphatic heterocycles. The van der Waals surface area contributed by atoms with E-state index in [4.69, 9.17) is 5.11 Å². The SMILES string of the molecule is CC(=O)N1CCCc2cc(CO)c(C=O)nc21. The van der Waals surface area contributed by atoms with Gasteiger partial charge in [-0.3, -0.25) is 14.5 Å². The molecule has 0 bridgehead atoms. The van der Waals surface area contributed by atoms with Gasteiger partial charge < -0.3 is 5.11 Å². The number of hydrogen-bond acceptors (Lipinski definition) is 4. The number of amides is 1. The van der Waals surface area contributed by atoms with Gasteiger partial charge in [0.05, 0.1) is 6.61 Å². The van der Waals surface area contributed by atoms with Crippen molar-refractivity contribution in [1.29, 1.82) is 0 Å². The number of aliphatic hydroxyl groups excluding tert-OH is 1. The summed E-state index contributed by atoms with van der Waals surface area (Å²) in [4.78, 5) is 28.1. The van der Waals surface area contributed by atoms with E-state index < -0.39 is 0 Å². The summed E-state index contributed by atoms with van der Waals surface area (Å²) in [5, 5.41) is 9.15. The van der Waals surface area contributed by atoms with Crippen LogP contribution in [0.25, 0.3) is 0 Å². The van der Waals surface area contributed by atoms with Crippen molar-refractivity contribution in [3.63, 3.8) is 0 Å². The van der Waals surface area contributed by atoms with E-state index in [2.05, 4.69) is 4.98 Å². The molecule has 0 atom stereocenters. The molecule has 1 N–H and O–H groups in total. The number of pyridine rings is 1. The van der Waals surface area contributed by atoms with Crippen LogP contribution >= 0.6 is 0 Å². The summed E-state index contributed by atoms with van der Waals surface area (Å²) in [5.41, 5.74) is 1.64. The van der Waals surface area contributed by atoms with Crippen molar-refractivity contribution < 1.29 is 14.7 Å². The molecule has 2 heterocycles. The quantitative estimate of drug-likeness (QED) is 0.764. The highest BCUT2D eigenvalue weighted by Gasteiger charge is 2.23. The van der Waals surface area contributed by atoms with Crippen LogP contribution in [0.2, 0.25) is 0 Å². The molecular formula is C12H14N2O3. The van der Waals surface area contributed by atoms with Gasteiger partial charge in [0.15, 0.2) is 6.29 Å². The molecule has 0 aromatic carbocycles. The summed E-state index contributed by atoms with van der Waals surface area (Å²) in [7, 11) is 0. The summed E-state index contributed by atoms with van der Waals surface area (Å²) in [6.07, 6.45) is 2.30. The van der Waals surface area contributed by atoms with Crippen molar-refractivity contribution >= 4 is 18.0 Å². The normalized spacial score (nSPS) is 14.4. The maximum atomic E-state index is 11.5. The molecule has 1 aliphatic rings. The Morgan fingerprint density at radius 3 is 3.00 bits per heavy atom. The first kappa shape index (κ1) is 11.7. The predicted octanol–water partition coefficient (Wildman–Crippen LogP) is 0.685. The van der Waals surface area contributed by atoms with Gasteiger partial charge in [-0.05, 0) is 24.5 Å². The van der Waals surface area contributed by atoms with Gasteiger partial charge in [-0.25, -0.2) is 4.98 Å². The van der Waals surface area contributed by atoms with Crippen molar-refractivity contribution in [2.45, 2.75) is 26.4 Å². The summed E-state index contributed by atoms with van der Waals surface area (Å²) in [5.74, 6) is 0.482. The van der Waals surface area contributed by atoms with Gasteiger partial charge in [-0.15, -0.1) is 0 Å². The number of carbonyl (C=O) groups is 2. The number of rotatable bonds is 2. The van der Waals surface area contributed by atoms with E-state index in [9.17, 15) is 9.59 Å². The Kier molecular flexibility index (Phi) is 3.19. The summed E-state index contributed by atoms with van der Waals surface area (Å²) in [6, 6.07) is 1.77. The minimum absolute atomic E-state index is 0.0768. The molecule has 1 aromatic rings. The number of aryl methyl sites for hydroxylation is 1. The van der Waals surface area contributed by atoms with Crippen LogP contribution in [0.15, 0.2) is 6.07 Å². The van der Waals surface area contributed by atoms with Crippen molar-refractivity contribution in [2.24, 2.45) is 0 Å². The molecule has 2 rings (SSSR count). The van der Waals surface area contributed by atoms with Gasteiger partial charge in [0, 0.05) is 19.0 Å². The third kappa shape index (κ3) is 2.06. The van der Waals surface area contributed by atoms with Crippen LogP contribution in [0.3, 0.4) is 0 Å². The Hall–Kier alpha value is -1.75. The molecule has 0 radical (unpaired) electrons. The molecule has 0 saturated carbocycles. The maximum Gasteiger partial charge on any atom is 0.225 e.